The average Bonchev–Trinajstić information content (AvgIpc) is 3.11. The summed E-state index contributed by atoms with van der Waals surface area (Å²) >= 11 is 0. The molecular formula is C39H75NO10. The Balaban J connectivity index is 2.51. The Morgan fingerprint density at radius 1 is 0.680 bits per heavy atom. The molecule has 0 aromatic rings. The number of hydrogen-bond donors (Lipinski definition) is 8. The van der Waals surface area contributed by atoms with Gasteiger partial charge in [0.15, 0.2) is 6.29 Å². The number of amides is 1. The molecule has 1 rings (SSSR count). The van der Waals surface area contributed by atoms with E-state index in [1.807, 2.05) is 0 Å². The van der Waals surface area contributed by atoms with E-state index in [4.69, 9.17) is 9.47 Å². The molecule has 8 N–H and O–H groups in total. The van der Waals surface area contributed by atoms with Crippen molar-refractivity contribution in [3.8, 4) is 0 Å². The van der Waals surface area contributed by atoms with Gasteiger partial charge in [-0.05, 0) is 38.5 Å². The van der Waals surface area contributed by atoms with Gasteiger partial charge in [0.05, 0.1) is 25.4 Å². The number of nitrogens with one attached hydrogen (secondary N) is 1. The molecule has 0 aliphatic carbocycles. The van der Waals surface area contributed by atoms with Gasteiger partial charge in [-0.25, -0.2) is 0 Å². The summed E-state index contributed by atoms with van der Waals surface area (Å²) in [7, 11) is 0. The monoisotopic (exact) mass is 718 g/mol. The highest BCUT2D eigenvalue weighted by atomic mass is 16.7. The molecule has 50 heavy (non-hydrogen) atoms. The molecule has 11 heteroatoms. The molecule has 9 unspecified atom stereocenters. The van der Waals surface area contributed by atoms with Crippen LogP contribution in [0.25, 0.3) is 0 Å². The maximum absolute atomic E-state index is 13.0. The Labute approximate surface area is 302 Å². The molecule has 0 aromatic carbocycles. The molecule has 0 bridgehead atoms. The second-order valence-electron chi connectivity index (χ2n) is 14.4. The number of ether oxygens (including phenoxy) is 2. The average molecular weight is 718 g/mol. The van der Waals surface area contributed by atoms with Crippen LogP contribution in [0.5, 0.6) is 0 Å². The van der Waals surface area contributed by atoms with Crippen LogP contribution >= 0.6 is 0 Å². The molecule has 0 radical (unpaired) electrons. The smallest absolute Gasteiger partial charge is 0.249 e. The van der Waals surface area contributed by atoms with Crippen LogP contribution in [0.1, 0.15) is 162 Å². The lowest BCUT2D eigenvalue weighted by molar-refractivity contribution is -0.303. The van der Waals surface area contributed by atoms with Crippen LogP contribution in [-0.4, -0.2) is 110 Å². The Morgan fingerprint density at radius 2 is 1.18 bits per heavy atom. The molecule has 1 aliphatic rings. The van der Waals surface area contributed by atoms with Gasteiger partial charge in [-0.2, -0.15) is 0 Å². The van der Waals surface area contributed by atoms with Gasteiger partial charge < -0.3 is 50.5 Å². The fourth-order valence-corrected chi connectivity index (χ4v) is 6.38. The lowest BCUT2D eigenvalue weighted by Crippen LogP contribution is -2.60. The fourth-order valence-electron chi connectivity index (χ4n) is 6.38. The van der Waals surface area contributed by atoms with Gasteiger partial charge in [-0.1, -0.05) is 135 Å². The van der Waals surface area contributed by atoms with E-state index in [0.717, 1.165) is 44.9 Å². The molecule has 1 saturated heterocycles. The van der Waals surface area contributed by atoms with Gasteiger partial charge in [-0.3, -0.25) is 4.79 Å². The number of unbranched alkanes of at least 4 members (excludes halogenated alkanes) is 18. The first-order valence-corrected chi connectivity index (χ1v) is 20.1. The summed E-state index contributed by atoms with van der Waals surface area (Å²) in [5, 5.41) is 75.0. The molecule has 296 valence electrons. The number of aliphatic hydroxyl groups excluding tert-OH is 7. The van der Waals surface area contributed by atoms with E-state index in [9.17, 15) is 40.5 Å². The Hall–Kier alpha value is -1.15. The van der Waals surface area contributed by atoms with Crippen LogP contribution in [0.3, 0.4) is 0 Å². The topological polar surface area (TPSA) is 189 Å². The summed E-state index contributed by atoms with van der Waals surface area (Å²) in [6.07, 6.45) is 17.2. The van der Waals surface area contributed by atoms with E-state index >= 15 is 0 Å². The highest BCUT2D eigenvalue weighted by molar-refractivity contribution is 5.80. The summed E-state index contributed by atoms with van der Waals surface area (Å²) in [5.41, 5.74) is 0. The Morgan fingerprint density at radius 3 is 1.72 bits per heavy atom. The van der Waals surface area contributed by atoms with E-state index in [0.29, 0.717) is 12.8 Å². The molecule has 0 aromatic heterocycles. The minimum atomic E-state index is -1.66. The molecule has 1 heterocycles. The normalized spacial score (nSPS) is 23.6. The molecule has 9 atom stereocenters. The van der Waals surface area contributed by atoms with Crippen LogP contribution in [0.15, 0.2) is 12.2 Å². The number of aliphatic hydroxyl groups is 7. The highest BCUT2D eigenvalue weighted by Crippen LogP contribution is 2.23. The number of carbonyl (C=O) groups excluding carboxylic acids is 1. The summed E-state index contributed by atoms with van der Waals surface area (Å²) in [6.45, 7) is 3.33. The molecule has 1 amide bonds. The van der Waals surface area contributed by atoms with Crippen molar-refractivity contribution in [2.75, 3.05) is 13.2 Å². The van der Waals surface area contributed by atoms with Gasteiger partial charge in [0.1, 0.15) is 36.6 Å². The van der Waals surface area contributed by atoms with Gasteiger partial charge in [0.25, 0.3) is 0 Å². The zero-order valence-electron chi connectivity index (χ0n) is 31.4. The third-order valence-corrected chi connectivity index (χ3v) is 9.82. The van der Waals surface area contributed by atoms with E-state index in [-0.39, 0.29) is 12.8 Å². The van der Waals surface area contributed by atoms with Gasteiger partial charge in [0, 0.05) is 0 Å². The molecule has 0 saturated carbocycles. The van der Waals surface area contributed by atoms with Crippen molar-refractivity contribution >= 4 is 5.91 Å². The van der Waals surface area contributed by atoms with Crippen LogP contribution in [0.2, 0.25) is 0 Å². The minimum absolute atomic E-state index is 0.258. The number of allylic oxidation sites excluding steroid dienone is 2. The zero-order chi connectivity index (χ0) is 37.0. The standard InChI is InChI=1S/C39H75NO10/c1-3-5-7-9-11-13-14-15-16-17-18-19-21-23-25-27-32(43)38(48)40-30(29-49-39-37(47)36(46)35(45)33(28-41)50-39)34(44)31(42)26-24-22-20-12-10-8-6-4-2/h12,20,30-37,39,41-47H,3-11,13-19,21-29H2,1-2H3,(H,40,48)/b20-12+. The van der Waals surface area contributed by atoms with Crippen molar-refractivity contribution in [1.82, 2.24) is 5.32 Å². The number of hydrogen-bond acceptors (Lipinski definition) is 10. The summed E-state index contributed by atoms with van der Waals surface area (Å²) < 4.78 is 11.0. The lowest BCUT2D eigenvalue weighted by atomic mass is 9.98. The summed E-state index contributed by atoms with van der Waals surface area (Å²) in [4.78, 5) is 13.0. The summed E-state index contributed by atoms with van der Waals surface area (Å²) in [6, 6.07) is -1.18. The maximum atomic E-state index is 13.0. The second-order valence-corrected chi connectivity index (χ2v) is 14.4. The maximum Gasteiger partial charge on any atom is 0.249 e. The van der Waals surface area contributed by atoms with Crippen molar-refractivity contribution in [1.29, 1.82) is 0 Å². The van der Waals surface area contributed by atoms with Gasteiger partial charge in [0.2, 0.25) is 5.91 Å². The quantitative estimate of drug-likeness (QED) is 0.0350. The predicted molar refractivity (Wildman–Crippen MR) is 196 cm³/mol. The number of carbonyl (C=O) groups is 1. The first-order valence-electron chi connectivity index (χ1n) is 20.1. The van der Waals surface area contributed by atoms with Crippen molar-refractivity contribution < 1.29 is 50.0 Å². The first-order chi connectivity index (χ1) is 24.2. The van der Waals surface area contributed by atoms with E-state index in [2.05, 4.69) is 31.3 Å². The number of rotatable bonds is 32. The van der Waals surface area contributed by atoms with Crippen LogP contribution in [0, 0.1) is 0 Å². The molecule has 1 fully saturated rings. The lowest BCUT2D eigenvalue weighted by Gasteiger charge is -2.40. The van der Waals surface area contributed by atoms with Gasteiger partial charge in [-0.15, -0.1) is 0 Å². The van der Waals surface area contributed by atoms with Crippen molar-refractivity contribution in [3.63, 3.8) is 0 Å². The minimum Gasteiger partial charge on any atom is -0.394 e. The van der Waals surface area contributed by atoms with Crippen LogP contribution in [0.4, 0.5) is 0 Å². The fraction of sp³-hybridized carbons (Fsp3) is 0.923. The van der Waals surface area contributed by atoms with Crippen molar-refractivity contribution in [2.24, 2.45) is 0 Å². The van der Waals surface area contributed by atoms with Crippen LogP contribution in [-0.2, 0) is 14.3 Å². The van der Waals surface area contributed by atoms with Crippen LogP contribution < -0.4 is 5.32 Å². The van der Waals surface area contributed by atoms with E-state index in [1.165, 1.54) is 77.0 Å². The molecular weight excluding hydrogens is 642 g/mol. The first kappa shape index (κ1) is 46.9. The third-order valence-electron chi connectivity index (χ3n) is 9.82. The molecule has 1 aliphatic heterocycles. The third kappa shape index (κ3) is 20.8. The van der Waals surface area contributed by atoms with Crippen molar-refractivity contribution in [3.05, 3.63) is 12.2 Å². The molecule has 0 spiro atoms. The van der Waals surface area contributed by atoms with E-state index in [1.54, 1.807) is 0 Å². The summed E-state index contributed by atoms with van der Waals surface area (Å²) in [5.74, 6) is -0.709. The Bertz CT molecular complexity index is 831. The molecule has 11 nitrogen and oxygen atoms in total. The van der Waals surface area contributed by atoms with Crippen molar-refractivity contribution in [2.45, 2.75) is 217 Å². The Kier molecular flexibility index (Phi) is 28.4. The second kappa shape index (κ2) is 30.3. The van der Waals surface area contributed by atoms with E-state index < -0.39 is 74.2 Å². The zero-order valence-corrected chi connectivity index (χ0v) is 31.4. The SMILES string of the molecule is CCCCC/C=C/CCCC(O)C(O)C(COC1OC(CO)C(O)C(O)C1O)NC(=O)C(O)CCCCCCCCCCCCCCCCC. The largest absolute Gasteiger partial charge is 0.394 e. The highest BCUT2D eigenvalue weighted by Gasteiger charge is 2.44. The predicted octanol–water partition coefficient (Wildman–Crippen LogP) is 4.94. The van der Waals surface area contributed by atoms with Gasteiger partial charge >= 0.3 is 0 Å².